The molecular formula is C48H84N6O13. The number of benzene rings is 1. The molecule has 0 aliphatic carbocycles. The summed E-state index contributed by atoms with van der Waals surface area (Å²) in [7, 11) is 0. The minimum Gasteiger partial charge on any atom is -0.394 e. The number of aromatic nitrogens is 2. The molecule has 2 amide bonds. The van der Waals surface area contributed by atoms with Crippen LogP contribution in [0.4, 0.5) is 11.4 Å². The fourth-order valence-electron chi connectivity index (χ4n) is 8.46. The molecule has 19 heteroatoms. The third kappa shape index (κ3) is 22.6. The van der Waals surface area contributed by atoms with Gasteiger partial charge in [-0.3, -0.25) is 19.7 Å². The molecule has 0 unspecified atom stereocenters. The first-order valence-corrected chi connectivity index (χ1v) is 25.5. The van der Waals surface area contributed by atoms with Crippen LogP contribution < -0.4 is 16.0 Å². The topological polar surface area (TPSA) is 292 Å². The standard InChI is InChI=1S/C48H84N6O13/c1-2-3-4-5-6-7-8-9-11-14-17-21-26-38(56)44(59)36(34-65-48-47(62)46(61)45(60)39(33-55)66-48)51-41(58)28-22-18-15-12-10-13-16-19-24-32-50-40(57)27-23-20-25-31-49-35-29-30-37(54(63)64)43-42(35)52-67-53-43/h29-30,36,38-39,44-49,55-56,59-62H,2-28,31-34H2,1H3,(H,50,57)(H,51,58)/t36-,38+,39+,44-,45-,46-,47+,48-/m0/s1. The normalized spacial score (nSPS) is 19.8. The number of fused-ring (bicyclic) bond motifs is 1. The average Bonchev–Trinajstić information content (AvgIpc) is 3.82. The van der Waals surface area contributed by atoms with Crippen molar-refractivity contribution in [2.24, 2.45) is 0 Å². The van der Waals surface area contributed by atoms with E-state index in [0.29, 0.717) is 43.6 Å². The van der Waals surface area contributed by atoms with Crippen molar-refractivity contribution in [3.63, 3.8) is 0 Å². The second-order valence-corrected chi connectivity index (χ2v) is 18.3. The lowest BCUT2D eigenvalue weighted by Crippen LogP contribution is -2.60. The van der Waals surface area contributed by atoms with E-state index in [1.807, 2.05) is 0 Å². The zero-order chi connectivity index (χ0) is 48.7. The maximum atomic E-state index is 13.1. The zero-order valence-electron chi connectivity index (χ0n) is 40.1. The molecular weight excluding hydrogens is 869 g/mol. The molecule has 0 spiro atoms. The van der Waals surface area contributed by atoms with Crippen LogP contribution in [0.1, 0.15) is 180 Å². The van der Waals surface area contributed by atoms with E-state index in [1.54, 1.807) is 6.07 Å². The number of anilines is 1. The highest BCUT2D eigenvalue weighted by Gasteiger charge is 2.44. The number of non-ortho nitro benzene ring substituents is 1. The first-order chi connectivity index (χ1) is 32.5. The van der Waals surface area contributed by atoms with Crippen molar-refractivity contribution in [1.29, 1.82) is 0 Å². The van der Waals surface area contributed by atoms with Gasteiger partial charge < -0.3 is 56.1 Å². The number of nitro groups is 1. The predicted molar refractivity (Wildman–Crippen MR) is 254 cm³/mol. The van der Waals surface area contributed by atoms with E-state index in [2.05, 4.69) is 37.8 Å². The molecule has 0 bridgehead atoms. The summed E-state index contributed by atoms with van der Waals surface area (Å²) in [5.41, 5.74) is 0.873. The van der Waals surface area contributed by atoms with Gasteiger partial charge in [0.15, 0.2) is 11.8 Å². The Bertz CT molecular complexity index is 1640. The van der Waals surface area contributed by atoms with Gasteiger partial charge in [-0.25, -0.2) is 4.63 Å². The van der Waals surface area contributed by atoms with E-state index in [0.717, 1.165) is 96.3 Å². The van der Waals surface area contributed by atoms with Crippen LogP contribution in [0.5, 0.6) is 0 Å². The summed E-state index contributed by atoms with van der Waals surface area (Å²) in [4.78, 5) is 36.0. The molecule has 3 rings (SSSR count). The molecule has 1 saturated heterocycles. The van der Waals surface area contributed by atoms with Crippen LogP contribution in [-0.2, 0) is 19.1 Å². The minimum absolute atomic E-state index is 0.0446. The number of unbranched alkanes of at least 4 members (excludes halogenated alkanes) is 21. The van der Waals surface area contributed by atoms with Crippen molar-refractivity contribution >= 4 is 34.2 Å². The Morgan fingerprint density at radius 2 is 1.25 bits per heavy atom. The first-order valence-electron chi connectivity index (χ1n) is 25.5. The Labute approximate surface area is 396 Å². The summed E-state index contributed by atoms with van der Waals surface area (Å²) in [5.74, 6) is -0.267. The van der Waals surface area contributed by atoms with Gasteiger partial charge in [0.1, 0.15) is 30.5 Å². The SMILES string of the molecule is CCCCCCCCCCCCCC[C@@H](O)[C@@H](O)[C@H](CO[C@H]1O[C@H](CO)[C@H](O)[C@H](O)[C@H]1O)NC(=O)CCCCCCCCCCCNC(=O)CCCCCNc1ccc([N+](=O)[O-])c2nonc12. The van der Waals surface area contributed by atoms with E-state index in [-0.39, 0.29) is 36.0 Å². The smallest absolute Gasteiger partial charge is 0.300 e. The van der Waals surface area contributed by atoms with Gasteiger partial charge >= 0.3 is 5.69 Å². The number of aliphatic hydroxyl groups excluding tert-OH is 6. The Hall–Kier alpha value is -3.56. The van der Waals surface area contributed by atoms with Gasteiger partial charge in [-0.05, 0) is 48.5 Å². The summed E-state index contributed by atoms with van der Waals surface area (Å²) in [5, 5.41) is 90.0. The molecule has 2 aromatic rings. The summed E-state index contributed by atoms with van der Waals surface area (Å²) in [6, 6.07) is 1.92. The predicted octanol–water partition coefficient (Wildman–Crippen LogP) is 6.23. The molecule has 384 valence electrons. The van der Waals surface area contributed by atoms with Crippen molar-refractivity contribution < 1.29 is 59.3 Å². The summed E-state index contributed by atoms with van der Waals surface area (Å²) >= 11 is 0. The number of nitrogens with one attached hydrogen (secondary N) is 3. The summed E-state index contributed by atoms with van der Waals surface area (Å²) in [6.07, 6.45) is 16.3. The lowest BCUT2D eigenvalue weighted by atomic mass is 9.98. The maximum Gasteiger partial charge on any atom is 0.300 e. The average molecular weight is 953 g/mol. The molecule has 1 aliphatic rings. The van der Waals surface area contributed by atoms with Gasteiger partial charge in [0.25, 0.3) is 0 Å². The van der Waals surface area contributed by atoms with Crippen molar-refractivity contribution in [2.45, 2.75) is 229 Å². The van der Waals surface area contributed by atoms with E-state index in [9.17, 15) is 50.3 Å². The van der Waals surface area contributed by atoms with Crippen LogP contribution in [0, 0.1) is 10.1 Å². The summed E-state index contributed by atoms with van der Waals surface area (Å²) in [6.45, 7) is 2.53. The Morgan fingerprint density at radius 1 is 0.716 bits per heavy atom. The fraction of sp³-hybridized carbons (Fsp3) is 0.833. The second-order valence-electron chi connectivity index (χ2n) is 18.3. The van der Waals surface area contributed by atoms with Gasteiger partial charge in [-0.15, -0.1) is 0 Å². The van der Waals surface area contributed by atoms with E-state index in [4.69, 9.17) is 9.47 Å². The Morgan fingerprint density at radius 3 is 1.87 bits per heavy atom. The minimum atomic E-state index is -1.64. The second kappa shape index (κ2) is 34.7. The largest absolute Gasteiger partial charge is 0.394 e. The number of nitro benzene ring substituents is 1. The molecule has 8 atom stereocenters. The number of aliphatic hydroxyl groups is 6. The third-order valence-electron chi connectivity index (χ3n) is 12.7. The van der Waals surface area contributed by atoms with Crippen molar-refractivity contribution in [1.82, 2.24) is 20.9 Å². The van der Waals surface area contributed by atoms with E-state index >= 15 is 0 Å². The monoisotopic (exact) mass is 953 g/mol. The molecule has 67 heavy (non-hydrogen) atoms. The molecule has 0 radical (unpaired) electrons. The molecule has 19 nitrogen and oxygen atoms in total. The number of hydrogen-bond donors (Lipinski definition) is 9. The third-order valence-corrected chi connectivity index (χ3v) is 12.7. The van der Waals surface area contributed by atoms with Gasteiger partial charge in [-0.1, -0.05) is 135 Å². The highest BCUT2D eigenvalue weighted by atomic mass is 16.7. The van der Waals surface area contributed by atoms with Crippen molar-refractivity contribution in [2.75, 3.05) is 31.6 Å². The van der Waals surface area contributed by atoms with Crippen molar-refractivity contribution in [3.8, 4) is 0 Å². The molecule has 1 fully saturated rings. The number of carbonyl (C=O) groups is 2. The van der Waals surface area contributed by atoms with Crippen LogP contribution >= 0.6 is 0 Å². The quantitative estimate of drug-likeness (QED) is 0.0203. The number of amides is 2. The number of hydrogen-bond acceptors (Lipinski definition) is 16. The van der Waals surface area contributed by atoms with Crippen molar-refractivity contribution in [3.05, 3.63) is 22.2 Å². The van der Waals surface area contributed by atoms with Crippen LogP contribution in [0.25, 0.3) is 11.0 Å². The molecule has 2 heterocycles. The number of ether oxygens (including phenoxy) is 2. The van der Waals surface area contributed by atoms with Crippen LogP contribution in [0.15, 0.2) is 16.8 Å². The van der Waals surface area contributed by atoms with Gasteiger partial charge in [0, 0.05) is 32.0 Å². The fourth-order valence-corrected chi connectivity index (χ4v) is 8.46. The summed E-state index contributed by atoms with van der Waals surface area (Å²) < 4.78 is 15.8. The maximum absolute atomic E-state index is 13.1. The van der Waals surface area contributed by atoms with Crippen LogP contribution in [-0.4, -0.2) is 133 Å². The van der Waals surface area contributed by atoms with Crippen LogP contribution in [0.2, 0.25) is 0 Å². The lowest BCUT2D eigenvalue weighted by molar-refractivity contribution is -0.383. The Kier molecular flexibility index (Phi) is 29.9. The number of carbonyl (C=O) groups excluding carboxylic acids is 2. The highest BCUT2D eigenvalue weighted by molar-refractivity contribution is 5.93. The molecule has 1 aromatic heterocycles. The van der Waals surface area contributed by atoms with Crippen LogP contribution in [0.3, 0.4) is 0 Å². The molecule has 0 saturated carbocycles. The van der Waals surface area contributed by atoms with Gasteiger partial charge in [-0.2, -0.15) is 0 Å². The van der Waals surface area contributed by atoms with E-state index in [1.165, 1.54) is 57.4 Å². The van der Waals surface area contributed by atoms with E-state index < -0.39 is 60.5 Å². The Balaban J connectivity index is 1.23. The number of rotatable bonds is 40. The number of nitrogens with zero attached hydrogens (tertiary/aromatic N) is 3. The molecule has 1 aromatic carbocycles. The zero-order valence-corrected chi connectivity index (χ0v) is 40.1. The highest BCUT2D eigenvalue weighted by Crippen LogP contribution is 2.29. The van der Waals surface area contributed by atoms with Gasteiger partial charge in [0.05, 0.1) is 36.0 Å². The lowest BCUT2D eigenvalue weighted by Gasteiger charge is -2.40. The first kappa shape index (κ1) is 57.8. The molecule has 9 N–H and O–H groups in total. The van der Waals surface area contributed by atoms with Gasteiger partial charge in [0.2, 0.25) is 17.3 Å². The molecule has 1 aliphatic heterocycles.